The third-order valence-corrected chi connectivity index (χ3v) is 4.09. The lowest BCUT2D eigenvalue weighted by Gasteiger charge is -2.22. The molecule has 2 aromatic heterocycles. The molecule has 0 aromatic carbocycles. The highest BCUT2D eigenvalue weighted by Crippen LogP contribution is 2.16. The lowest BCUT2D eigenvalue weighted by molar-refractivity contribution is 0.0944. The van der Waals surface area contributed by atoms with Gasteiger partial charge in [-0.05, 0) is 39.3 Å². The van der Waals surface area contributed by atoms with E-state index in [-0.39, 0.29) is 5.91 Å². The van der Waals surface area contributed by atoms with Crippen LogP contribution in [0.5, 0.6) is 0 Å². The highest BCUT2D eigenvalue weighted by molar-refractivity contribution is 5.92. The molecule has 1 saturated heterocycles. The summed E-state index contributed by atoms with van der Waals surface area (Å²) in [7, 11) is 0. The van der Waals surface area contributed by atoms with Crippen LogP contribution in [0, 0.1) is 13.8 Å². The van der Waals surface area contributed by atoms with E-state index in [0.717, 1.165) is 42.9 Å². The summed E-state index contributed by atoms with van der Waals surface area (Å²) in [5, 5.41) is 14.5. The van der Waals surface area contributed by atoms with E-state index in [9.17, 15) is 4.79 Å². The van der Waals surface area contributed by atoms with Crippen molar-refractivity contribution >= 4 is 5.91 Å². The van der Waals surface area contributed by atoms with Crippen molar-refractivity contribution in [3.63, 3.8) is 0 Å². The number of aromatic nitrogens is 3. The number of carbonyl (C=O) groups is 1. The molecule has 3 rings (SSSR count). The molecule has 22 heavy (non-hydrogen) atoms. The summed E-state index contributed by atoms with van der Waals surface area (Å²) in [6.07, 6.45) is 4.11. The first-order valence-corrected chi connectivity index (χ1v) is 7.61. The van der Waals surface area contributed by atoms with E-state index in [1.165, 1.54) is 0 Å². The van der Waals surface area contributed by atoms with Gasteiger partial charge in [0.05, 0.1) is 11.7 Å². The van der Waals surface area contributed by atoms with Crippen molar-refractivity contribution in [1.82, 2.24) is 25.6 Å². The molecular weight excluding hydrogens is 282 g/mol. The number of nitrogens with zero attached hydrogens (tertiary/aromatic N) is 3. The lowest BCUT2D eigenvalue weighted by atomic mass is 10.1. The Labute approximate surface area is 129 Å². The molecule has 2 aromatic rings. The molecule has 0 bridgehead atoms. The van der Waals surface area contributed by atoms with E-state index in [0.29, 0.717) is 18.3 Å². The number of nitrogens with one attached hydrogen (secondary N) is 2. The zero-order valence-corrected chi connectivity index (χ0v) is 12.9. The van der Waals surface area contributed by atoms with E-state index in [1.807, 2.05) is 24.7 Å². The standard InChI is InChI=1S/C15H21N5O2/c1-10-13(11(2)22-19-10)9-17-15(21)14-5-7-20(18-14)12-4-3-6-16-8-12/h5,7,12,16H,3-4,6,8-9H2,1-2H3,(H,17,21). The van der Waals surface area contributed by atoms with Crippen LogP contribution in [0.25, 0.3) is 0 Å². The smallest absolute Gasteiger partial charge is 0.272 e. The largest absolute Gasteiger partial charge is 0.361 e. The molecule has 118 valence electrons. The molecule has 1 aliphatic rings. The number of rotatable bonds is 4. The number of hydrogen-bond donors (Lipinski definition) is 2. The van der Waals surface area contributed by atoms with Gasteiger partial charge in [0.1, 0.15) is 11.5 Å². The van der Waals surface area contributed by atoms with Crippen molar-refractivity contribution in [2.75, 3.05) is 13.1 Å². The maximum absolute atomic E-state index is 12.2. The minimum atomic E-state index is -0.178. The highest BCUT2D eigenvalue weighted by atomic mass is 16.5. The minimum Gasteiger partial charge on any atom is -0.361 e. The summed E-state index contributed by atoms with van der Waals surface area (Å²) in [6, 6.07) is 2.09. The van der Waals surface area contributed by atoms with E-state index in [4.69, 9.17) is 4.52 Å². The number of aryl methyl sites for hydroxylation is 2. The summed E-state index contributed by atoms with van der Waals surface area (Å²) >= 11 is 0. The number of piperidine rings is 1. The molecule has 0 aliphatic carbocycles. The van der Waals surface area contributed by atoms with E-state index in [2.05, 4.69) is 20.9 Å². The molecule has 7 nitrogen and oxygen atoms in total. The van der Waals surface area contributed by atoms with Gasteiger partial charge in [0.25, 0.3) is 5.91 Å². The van der Waals surface area contributed by atoms with Crippen LogP contribution in [-0.4, -0.2) is 33.9 Å². The van der Waals surface area contributed by atoms with Gasteiger partial charge in [-0.3, -0.25) is 9.48 Å². The van der Waals surface area contributed by atoms with Crippen molar-refractivity contribution in [3.8, 4) is 0 Å². The molecule has 1 atom stereocenters. The summed E-state index contributed by atoms with van der Waals surface area (Å²) < 4.78 is 6.97. The molecule has 0 radical (unpaired) electrons. The zero-order chi connectivity index (χ0) is 15.5. The maximum Gasteiger partial charge on any atom is 0.272 e. The van der Waals surface area contributed by atoms with Gasteiger partial charge in [-0.25, -0.2) is 0 Å². The summed E-state index contributed by atoms with van der Waals surface area (Å²) in [4.78, 5) is 12.2. The molecule has 1 fully saturated rings. The van der Waals surface area contributed by atoms with Crippen molar-refractivity contribution in [1.29, 1.82) is 0 Å². The molecule has 3 heterocycles. The molecule has 0 saturated carbocycles. The highest BCUT2D eigenvalue weighted by Gasteiger charge is 2.18. The SMILES string of the molecule is Cc1noc(C)c1CNC(=O)c1ccn(C2CCCNC2)n1. The van der Waals surface area contributed by atoms with Gasteiger partial charge in [0, 0.05) is 24.8 Å². The average molecular weight is 303 g/mol. The molecule has 1 aliphatic heterocycles. The van der Waals surface area contributed by atoms with Crippen LogP contribution in [-0.2, 0) is 6.54 Å². The normalized spacial score (nSPS) is 18.4. The predicted octanol–water partition coefficient (Wildman–Crippen LogP) is 1.34. The Morgan fingerprint density at radius 1 is 1.55 bits per heavy atom. The number of hydrogen-bond acceptors (Lipinski definition) is 5. The fourth-order valence-electron chi connectivity index (χ4n) is 2.74. The molecule has 1 amide bonds. The monoisotopic (exact) mass is 303 g/mol. The topological polar surface area (TPSA) is 85.0 Å². The predicted molar refractivity (Wildman–Crippen MR) is 80.5 cm³/mol. The van der Waals surface area contributed by atoms with Gasteiger partial charge in [-0.2, -0.15) is 5.10 Å². The molecular formula is C15H21N5O2. The Morgan fingerprint density at radius 2 is 2.41 bits per heavy atom. The molecule has 1 unspecified atom stereocenters. The summed E-state index contributed by atoms with van der Waals surface area (Å²) in [6.45, 7) is 6.07. The second kappa shape index (κ2) is 6.31. The van der Waals surface area contributed by atoms with Crippen LogP contribution in [0.1, 0.15) is 46.4 Å². The third kappa shape index (κ3) is 3.04. The van der Waals surface area contributed by atoms with Crippen LogP contribution >= 0.6 is 0 Å². The number of carbonyl (C=O) groups excluding carboxylic acids is 1. The van der Waals surface area contributed by atoms with Gasteiger partial charge in [0.2, 0.25) is 0 Å². The van der Waals surface area contributed by atoms with Crippen molar-refractivity contribution in [2.45, 2.75) is 39.3 Å². The van der Waals surface area contributed by atoms with E-state index < -0.39 is 0 Å². The first-order chi connectivity index (χ1) is 10.6. The Bertz CT molecular complexity index is 635. The fraction of sp³-hybridized carbons (Fsp3) is 0.533. The quantitative estimate of drug-likeness (QED) is 0.890. The van der Waals surface area contributed by atoms with Crippen LogP contribution in [0.15, 0.2) is 16.8 Å². The van der Waals surface area contributed by atoms with Crippen LogP contribution in [0.3, 0.4) is 0 Å². The third-order valence-electron chi connectivity index (χ3n) is 4.09. The summed E-state index contributed by atoms with van der Waals surface area (Å²) in [5.41, 5.74) is 2.17. The Balaban J connectivity index is 1.62. The van der Waals surface area contributed by atoms with E-state index in [1.54, 1.807) is 6.07 Å². The first kappa shape index (κ1) is 14.8. The Morgan fingerprint density at radius 3 is 3.09 bits per heavy atom. The maximum atomic E-state index is 12.2. The Kier molecular flexibility index (Phi) is 4.24. The van der Waals surface area contributed by atoms with Crippen molar-refractivity contribution < 1.29 is 9.32 Å². The second-order valence-electron chi connectivity index (χ2n) is 5.67. The van der Waals surface area contributed by atoms with Crippen LogP contribution in [0.2, 0.25) is 0 Å². The van der Waals surface area contributed by atoms with Crippen LogP contribution in [0.4, 0.5) is 0 Å². The first-order valence-electron chi connectivity index (χ1n) is 7.61. The second-order valence-corrected chi connectivity index (χ2v) is 5.67. The Hall–Kier alpha value is -2.15. The van der Waals surface area contributed by atoms with Crippen molar-refractivity contribution in [2.24, 2.45) is 0 Å². The molecule has 2 N–H and O–H groups in total. The van der Waals surface area contributed by atoms with Gasteiger partial charge in [-0.1, -0.05) is 5.16 Å². The molecule has 0 spiro atoms. The van der Waals surface area contributed by atoms with Gasteiger partial charge in [-0.15, -0.1) is 0 Å². The summed E-state index contributed by atoms with van der Waals surface area (Å²) in [5.74, 6) is 0.555. The zero-order valence-electron chi connectivity index (χ0n) is 12.9. The minimum absolute atomic E-state index is 0.178. The lowest BCUT2D eigenvalue weighted by Crippen LogP contribution is -2.32. The van der Waals surface area contributed by atoms with Gasteiger partial charge >= 0.3 is 0 Å². The fourth-order valence-corrected chi connectivity index (χ4v) is 2.74. The molecule has 7 heteroatoms. The van der Waals surface area contributed by atoms with Gasteiger partial charge in [0.15, 0.2) is 0 Å². The number of amides is 1. The van der Waals surface area contributed by atoms with Gasteiger partial charge < -0.3 is 15.2 Å². The van der Waals surface area contributed by atoms with Crippen LogP contribution < -0.4 is 10.6 Å². The van der Waals surface area contributed by atoms with Crippen molar-refractivity contribution in [3.05, 3.63) is 35.0 Å². The van der Waals surface area contributed by atoms with E-state index >= 15 is 0 Å². The average Bonchev–Trinajstić information content (AvgIpc) is 3.14.